The summed E-state index contributed by atoms with van der Waals surface area (Å²) in [4.78, 5) is 13.9. The number of carboxylic acids is 1. The highest BCUT2D eigenvalue weighted by atomic mass is 16.5. The molecule has 5 heteroatoms. The summed E-state index contributed by atoms with van der Waals surface area (Å²) in [7, 11) is 1.63. The number of carboxylic acid groups (broad SMARTS) is 1. The van der Waals surface area contributed by atoms with E-state index in [1.165, 1.54) is 0 Å². The lowest BCUT2D eigenvalue weighted by molar-refractivity contribution is -0.499. The normalized spacial score (nSPS) is 11.7. The molecule has 26 heavy (non-hydrogen) atoms. The minimum Gasteiger partial charge on any atom is -0.550 e. The molecule has 3 rings (SSSR count). The van der Waals surface area contributed by atoms with Gasteiger partial charge in [-0.25, -0.2) is 4.99 Å². The fourth-order valence-electron chi connectivity index (χ4n) is 2.80. The van der Waals surface area contributed by atoms with Gasteiger partial charge in [0.25, 0.3) is 0 Å². The third-order valence-corrected chi connectivity index (χ3v) is 4.17. The van der Waals surface area contributed by atoms with Crippen LogP contribution in [0.1, 0.15) is 18.4 Å². The Morgan fingerprint density at radius 3 is 2.62 bits per heavy atom. The van der Waals surface area contributed by atoms with E-state index in [9.17, 15) is 9.90 Å². The molecule has 5 nitrogen and oxygen atoms in total. The Kier molecular flexibility index (Phi) is 5.37. The molecule has 2 aromatic carbocycles. The van der Waals surface area contributed by atoms with Gasteiger partial charge in [0.1, 0.15) is 23.6 Å². The van der Waals surface area contributed by atoms with Crippen LogP contribution in [0.2, 0.25) is 0 Å². The first-order valence-corrected chi connectivity index (χ1v) is 8.52. The minimum absolute atomic E-state index is 0.0342. The van der Waals surface area contributed by atoms with Gasteiger partial charge in [0.15, 0.2) is 0 Å². The summed E-state index contributed by atoms with van der Waals surface area (Å²) in [5.41, 5.74) is 2.83. The Labute approximate surface area is 151 Å². The molecule has 3 aromatic rings. The molecule has 0 radical (unpaired) electrons. The van der Waals surface area contributed by atoms with Gasteiger partial charge in [-0.1, -0.05) is 11.6 Å². The fourth-order valence-corrected chi connectivity index (χ4v) is 2.80. The van der Waals surface area contributed by atoms with E-state index in [1.807, 2.05) is 49.4 Å². The van der Waals surface area contributed by atoms with Gasteiger partial charge >= 0.3 is 0 Å². The number of carbonyl (C=O) groups excluding carboxylic acids is 1. The minimum atomic E-state index is -1.03. The molecule has 0 aliphatic carbocycles. The second-order valence-corrected chi connectivity index (χ2v) is 6.15. The van der Waals surface area contributed by atoms with E-state index in [-0.39, 0.29) is 6.42 Å². The van der Waals surface area contributed by atoms with Crippen molar-refractivity contribution in [3.63, 3.8) is 0 Å². The van der Waals surface area contributed by atoms with Gasteiger partial charge in [0.2, 0.25) is 5.36 Å². The number of fused-ring (bicyclic) bond motifs is 1. The van der Waals surface area contributed by atoms with Gasteiger partial charge in [0, 0.05) is 18.0 Å². The summed E-state index contributed by atoms with van der Waals surface area (Å²) in [5.74, 6) is 0.478. The van der Waals surface area contributed by atoms with E-state index in [1.54, 1.807) is 7.11 Å². The van der Waals surface area contributed by atoms with Gasteiger partial charge < -0.3 is 19.1 Å². The predicted molar refractivity (Wildman–Crippen MR) is 96.1 cm³/mol. The standard InChI is InChI=1S/C21H21NO4/c1-14-5-10-19-17(12-14)18(22-11-3-4-21(23)24)13-20(26-19)15-6-8-16(25-2)9-7-15/h5-10,12-13H,3-4,11H2,1-2H3,(H,23,24). The summed E-state index contributed by atoms with van der Waals surface area (Å²) in [6.45, 7) is 2.57. The van der Waals surface area contributed by atoms with Gasteiger partial charge in [-0.3, -0.25) is 0 Å². The van der Waals surface area contributed by atoms with Crippen LogP contribution in [-0.2, 0) is 4.79 Å². The molecule has 134 valence electrons. The van der Waals surface area contributed by atoms with Crippen molar-refractivity contribution in [1.82, 2.24) is 0 Å². The summed E-state index contributed by atoms with van der Waals surface area (Å²) in [5, 5.41) is 12.5. The van der Waals surface area contributed by atoms with Crippen molar-refractivity contribution < 1.29 is 24.0 Å². The molecule has 1 heterocycles. The molecule has 0 amide bonds. The molecule has 0 atom stereocenters. The second-order valence-electron chi connectivity index (χ2n) is 6.15. The number of benzene rings is 2. The number of hydrogen-bond donors (Lipinski definition) is 1. The van der Waals surface area contributed by atoms with Crippen LogP contribution in [-0.4, -0.2) is 19.6 Å². The number of hydrogen-bond acceptors (Lipinski definition) is 4. The molecule has 0 aliphatic rings. The maximum absolute atomic E-state index is 10.6. The Morgan fingerprint density at radius 1 is 1.15 bits per heavy atom. The SMILES string of the molecule is COc1ccc(-c2cc(=[NH+]CCCC(=O)[O-])c3cc(C)ccc3o2)cc1. The lowest BCUT2D eigenvalue weighted by Gasteiger charge is -2.05. The van der Waals surface area contributed by atoms with E-state index in [0.29, 0.717) is 13.0 Å². The van der Waals surface area contributed by atoms with E-state index in [4.69, 9.17) is 9.15 Å². The molecule has 0 saturated heterocycles. The number of rotatable bonds is 6. The van der Waals surface area contributed by atoms with Crippen LogP contribution in [0.25, 0.3) is 22.3 Å². The molecule has 0 aliphatic heterocycles. The third-order valence-electron chi connectivity index (χ3n) is 4.17. The summed E-state index contributed by atoms with van der Waals surface area (Å²) in [6, 6.07) is 15.6. The van der Waals surface area contributed by atoms with Crippen LogP contribution >= 0.6 is 0 Å². The van der Waals surface area contributed by atoms with Crippen molar-refractivity contribution in [2.45, 2.75) is 19.8 Å². The average molecular weight is 351 g/mol. The van der Waals surface area contributed by atoms with Crippen molar-refractivity contribution in [3.05, 3.63) is 59.5 Å². The van der Waals surface area contributed by atoms with E-state index >= 15 is 0 Å². The Bertz CT molecular complexity index is 987. The molecule has 0 bridgehead atoms. The Morgan fingerprint density at radius 2 is 1.92 bits per heavy atom. The van der Waals surface area contributed by atoms with Crippen molar-refractivity contribution >= 4 is 16.9 Å². The maximum Gasteiger partial charge on any atom is 0.213 e. The number of aryl methyl sites for hydroxylation is 1. The number of ether oxygens (including phenoxy) is 1. The highest BCUT2D eigenvalue weighted by molar-refractivity contribution is 5.78. The summed E-state index contributed by atoms with van der Waals surface area (Å²) < 4.78 is 11.3. The highest BCUT2D eigenvalue weighted by Crippen LogP contribution is 2.24. The Balaban J connectivity index is 2.06. The van der Waals surface area contributed by atoms with Crippen molar-refractivity contribution in [3.8, 4) is 17.1 Å². The maximum atomic E-state index is 10.6. The number of carbonyl (C=O) groups is 1. The topological polar surface area (TPSA) is 76.5 Å². The van der Waals surface area contributed by atoms with Gasteiger partial charge in [-0.2, -0.15) is 0 Å². The molecule has 0 saturated carbocycles. The molecule has 1 aromatic heterocycles. The Hall–Kier alpha value is -3.08. The number of methoxy groups -OCH3 is 1. The van der Waals surface area contributed by atoms with Crippen molar-refractivity contribution in [1.29, 1.82) is 0 Å². The van der Waals surface area contributed by atoms with Crippen LogP contribution in [0.15, 0.2) is 52.9 Å². The van der Waals surface area contributed by atoms with Crippen LogP contribution in [0.3, 0.4) is 0 Å². The summed E-state index contributed by atoms with van der Waals surface area (Å²) >= 11 is 0. The first-order chi connectivity index (χ1) is 12.6. The monoisotopic (exact) mass is 351 g/mol. The van der Waals surface area contributed by atoms with Gasteiger partial charge in [-0.15, -0.1) is 0 Å². The van der Waals surface area contributed by atoms with Crippen molar-refractivity contribution in [2.24, 2.45) is 0 Å². The average Bonchev–Trinajstić information content (AvgIpc) is 2.65. The summed E-state index contributed by atoms with van der Waals surface area (Å²) in [6.07, 6.45) is 0.534. The molecule has 0 spiro atoms. The number of aliphatic carboxylic acids is 1. The van der Waals surface area contributed by atoms with Crippen molar-refractivity contribution in [2.75, 3.05) is 13.7 Å². The molecular formula is C21H21NO4. The molecule has 1 N–H and O–H groups in total. The third kappa shape index (κ3) is 4.11. The zero-order chi connectivity index (χ0) is 18.5. The fraction of sp³-hybridized carbons (Fsp3) is 0.238. The first-order valence-electron chi connectivity index (χ1n) is 8.52. The second kappa shape index (κ2) is 7.87. The van der Waals surface area contributed by atoms with Gasteiger partial charge in [0.05, 0.1) is 18.6 Å². The smallest absolute Gasteiger partial charge is 0.213 e. The molecule has 0 fully saturated rings. The highest BCUT2D eigenvalue weighted by Gasteiger charge is 2.09. The van der Waals surface area contributed by atoms with E-state index in [2.05, 4.69) is 11.1 Å². The first kappa shape index (κ1) is 17.7. The number of nitrogens with one attached hydrogen (secondary N) is 1. The van der Waals surface area contributed by atoms with Gasteiger partial charge in [-0.05, 0) is 49.7 Å². The zero-order valence-corrected chi connectivity index (χ0v) is 14.9. The largest absolute Gasteiger partial charge is 0.550 e. The predicted octanol–water partition coefficient (Wildman–Crippen LogP) is 0.928. The van der Waals surface area contributed by atoms with Crippen LogP contribution < -0.4 is 20.2 Å². The molecular weight excluding hydrogens is 330 g/mol. The van der Waals surface area contributed by atoms with Crippen LogP contribution in [0, 0.1) is 6.92 Å². The van der Waals surface area contributed by atoms with E-state index < -0.39 is 5.97 Å². The molecule has 0 unspecified atom stereocenters. The van der Waals surface area contributed by atoms with Crippen LogP contribution in [0.4, 0.5) is 0 Å². The lowest BCUT2D eigenvalue weighted by Crippen LogP contribution is -2.76. The van der Waals surface area contributed by atoms with E-state index in [0.717, 1.165) is 39.0 Å². The zero-order valence-electron chi connectivity index (χ0n) is 14.9. The quantitative estimate of drug-likeness (QED) is 0.670. The van der Waals surface area contributed by atoms with Crippen LogP contribution in [0.5, 0.6) is 5.75 Å². The lowest BCUT2D eigenvalue weighted by atomic mass is 10.1.